The van der Waals surface area contributed by atoms with Gasteiger partial charge in [0.05, 0.1) is 21.3 Å². The third-order valence-electron chi connectivity index (χ3n) is 4.04. The molecule has 0 spiro atoms. The number of ether oxygens (including phenoxy) is 5. The number of rotatable bonds is 10. The summed E-state index contributed by atoms with van der Waals surface area (Å²) in [4.78, 5) is 11.9. The maximum atomic E-state index is 11.9. The number of hydrogen-bond donors (Lipinski definition) is 0. The highest BCUT2D eigenvalue weighted by Gasteiger charge is 2.10. The van der Waals surface area contributed by atoms with Crippen molar-refractivity contribution in [3.8, 4) is 23.0 Å². The molecule has 0 bridgehead atoms. The maximum Gasteiger partial charge on any atom is 0.330 e. The van der Waals surface area contributed by atoms with Gasteiger partial charge in [-0.05, 0) is 36.3 Å². The van der Waals surface area contributed by atoms with Crippen LogP contribution in [0.5, 0.6) is 23.0 Å². The van der Waals surface area contributed by atoms with E-state index in [9.17, 15) is 4.79 Å². The molecule has 6 heteroatoms. The first-order valence-corrected chi connectivity index (χ1v) is 8.97. The lowest BCUT2D eigenvalue weighted by Gasteiger charge is -2.12. The van der Waals surface area contributed by atoms with E-state index >= 15 is 0 Å². The predicted octanol–water partition coefficient (Wildman–Crippen LogP) is 3.91. The van der Waals surface area contributed by atoms with Crippen LogP contribution in [0.3, 0.4) is 0 Å². The van der Waals surface area contributed by atoms with Crippen molar-refractivity contribution >= 4 is 12.0 Å². The van der Waals surface area contributed by atoms with E-state index in [1.165, 1.54) is 11.6 Å². The van der Waals surface area contributed by atoms with Crippen molar-refractivity contribution < 1.29 is 28.5 Å². The van der Waals surface area contributed by atoms with E-state index in [4.69, 9.17) is 23.7 Å². The van der Waals surface area contributed by atoms with Gasteiger partial charge in [0.2, 0.25) is 0 Å². The second kappa shape index (κ2) is 10.9. The zero-order valence-electron chi connectivity index (χ0n) is 16.7. The van der Waals surface area contributed by atoms with Crippen molar-refractivity contribution in [2.24, 2.45) is 0 Å². The number of methoxy groups -OCH3 is 3. The first-order chi connectivity index (χ1) is 13.6. The quantitative estimate of drug-likeness (QED) is 0.350. The van der Waals surface area contributed by atoms with Crippen molar-refractivity contribution in [1.82, 2.24) is 0 Å². The molecule has 0 aliphatic heterocycles. The molecule has 2 aromatic rings. The Balaban J connectivity index is 1.89. The fraction of sp³-hybridized carbons (Fsp3) is 0.318. The fourth-order valence-corrected chi connectivity index (χ4v) is 2.55. The van der Waals surface area contributed by atoms with Crippen molar-refractivity contribution in [3.63, 3.8) is 0 Å². The second-order valence-corrected chi connectivity index (χ2v) is 5.80. The van der Waals surface area contributed by atoms with Crippen LogP contribution in [0.15, 0.2) is 42.5 Å². The Labute approximate surface area is 165 Å². The summed E-state index contributed by atoms with van der Waals surface area (Å²) in [7, 11) is 4.63. The van der Waals surface area contributed by atoms with Crippen LogP contribution in [0.1, 0.15) is 18.1 Å². The predicted molar refractivity (Wildman–Crippen MR) is 107 cm³/mol. The molecule has 0 aromatic heterocycles. The molecule has 2 rings (SSSR count). The molecule has 150 valence electrons. The van der Waals surface area contributed by atoms with E-state index in [0.29, 0.717) is 22.8 Å². The van der Waals surface area contributed by atoms with Crippen LogP contribution < -0.4 is 18.9 Å². The second-order valence-electron chi connectivity index (χ2n) is 5.80. The summed E-state index contributed by atoms with van der Waals surface area (Å²) in [5.41, 5.74) is 1.87. The smallest absolute Gasteiger partial charge is 0.330 e. The molecule has 0 aliphatic carbocycles. The van der Waals surface area contributed by atoms with Crippen LogP contribution in [0, 0.1) is 0 Å². The third kappa shape index (κ3) is 5.94. The average molecular weight is 386 g/mol. The lowest BCUT2D eigenvalue weighted by atomic mass is 10.1. The molecule has 0 saturated carbocycles. The van der Waals surface area contributed by atoms with Gasteiger partial charge in [0.25, 0.3) is 0 Å². The molecule has 0 fully saturated rings. The van der Waals surface area contributed by atoms with Gasteiger partial charge in [-0.1, -0.05) is 19.1 Å². The maximum absolute atomic E-state index is 11.9. The van der Waals surface area contributed by atoms with Gasteiger partial charge in [-0.25, -0.2) is 4.79 Å². The SMILES string of the molecule is CCc1cccc(OCCOC(=O)/C=C/c2cc(OC)c(OC)cc2OC)c1. The highest BCUT2D eigenvalue weighted by molar-refractivity contribution is 5.87. The van der Waals surface area contributed by atoms with Crippen molar-refractivity contribution in [1.29, 1.82) is 0 Å². The van der Waals surface area contributed by atoms with E-state index in [1.807, 2.05) is 24.3 Å². The molecule has 0 N–H and O–H groups in total. The van der Waals surface area contributed by atoms with E-state index < -0.39 is 5.97 Å². The summed E-state index contributed by atoms with van der Waals surface area (Å²) < 4.78 is 26.6. The summed E-state index contributed by atoms with van der Waals surface area (Å²) in [5, 5.41) is 0. The Morgan fingerprint density at radius 1 is 0.929 bits per heavy atom. The van der Waals surface area contributed by atoms with Gasteiger partial charge >= 0.3 is 5.97 Å². The normalized spacial score (nSPS) is 10.6. The first-order valence-electron chi connectivity index (χ1n) is 8.97. The topological polar surface area (TPSA) is 63.2 Å². The summed E-state index contributed by atoms with van der Waals surface area (Å²) in [6, 6.07) is 11.3. The highest BCUT2D eigenvalue weighted by atomic mass is 16.6. The van der Waals surface area contributed by atoms with Crippen molar-refractivity contribution in [2.45, 2.75) is 13.3 Å². The van der Waals surface area contributed by atoms with Gasteiger partial charge < -0.3 is 23.7 Å². The Morgan fingerprint density at radius 3 is 2.32 bits per heavy atom. The molecule has 0 aliphatic rings. The van der Waals surface area contributed by atoms with Crippen molar-refractivity contribution in [3.05, 3.63) is 53.6 Å². The molecular weight excluding hydrogens is 360 g/mol. The van der Waals surface area contributed by atoms with E-state index in [-0.39, 0.29) is 13.2 Å². The fourth-order valence-electron chi connectivity index (χ4n) is 2.55. The zero-order chi connectivity index (χ0) is 20.4. The van der Waals surface area contributed by atoms with Crippen molar-refractivity contribution in [2.75, 3.05) is 34.5 Å². The Hall–Kier alpha value is -3.15. The minimum absolute atomic E-state index is 0.155. The standard InChI is InChI=1S/C22H26O6/c1-5-16-7-6-8-18(13-16)27-11-12-28-22(23)10-9-17-14-20(25-3)21(26-4)15-19(17)24-2/h6-10,13-15H,5,11-12H2,1-4H3/b10-9+. The summed E-state index contributed by atoms with van der Waals surface area (Å²) in [6.45, 7) is 2.52. The van der Waals surface area contributed by atoms with Crippen LogP contribution in [-0.4, -0.2) is 40.5 Å². The van der Waals surface area contributed by atoms with Crippen LogP contribution in [0.2, 0.25) is 0 Å². The lowest BCUT2D eigenvalue weighted by Crippen LogP contribution is -2.10. The minimum Gasteiger partial charge on any atom is -0.496 e. The molecule has 0 heterocycles. The molecule has 0 unspecified atom stereocenters. The van der Waals surface area contributed by atoms with Gasteiger partial charge in [-0.15, -0.1) is 0 Å². The van der Waals surface area contributed by atoms with Gasteiger partial charge in [-0.2, -0.15) is 0 Å². The number of hydrogen-bond acceptors (Lipinski definition) is 6. The monoisotopic (exact) mass is 386 g/mol. The molecule has 0 saturated heterocycles. The van der Waals surface area contributed by atoms with Crippen LogP contribution in [0.25, 0.3) is 6.08 Å². The minimum atomic E-state index is -0.470. The largest absolute Gasteiger partial charge is 0.496 e. The number of carbonyl (C=O) groups excluding carboxylic acids is 1. The molecule has 2 aromatic carbocycles. The molecule has 0 amide bonds. The van der Waals surface area contributed by atoms with Crippen LogP contribution >= 0.6 is 0 Å². The molecule has 0 atom stereocenters. The van der Waals surface area contributed by atoms with Crippen LogP contribution in [-0.2, 0) is 16.0 Å². The van der Waals surface area contributed by atoms with E-state index in [1.54, 1.807) is 39.5 Å². The Kier molecular flexibility index (Phi) is 8.21. The van der Waals surface area contributed by atoms with Gasteiger partial charge in [0.1, 0.15) is 24.7 Å². The molecule has 0 radical (unpaired) electrons. The summed E-state index contributed by atoms with van der Waals surface area (Å²) in [5.74, 6) is 1.94. The average Bonchev–Trinajstić information content (AvgIpc) is 2.74. The van der Waals surface area contributed by atoms with Gasteiger partial charge in [0, 0.05) is 17.7 Å². The Bertz CT molecular complexity index is 813. The first kappa shape index (κ1) is 21.2. The lowest BCUT2D eigenvalue weighted by molar-refractivity contribution is -0.138. The zero-order valence-corrected chi connectivity index (χ0v) is 16.7. The Morgan fingerprint density at radius 2 is 1.64 bits per heavy atom. The number of carbonyl (C=O) groups is 1. The number of esters is 1. The summed E-state index contributed by atoms with van der Waals surface area (Å²) >= 11 is 0. The van der Waals surface area contributed by atoms with E-state index in [0.717, 1.165) is 12.2 Å². The summed E-state index contributed by atoms with van der Waals surface area (Å²) in [6.07, 6.45) is 3.88. The molecule has 28 heavy (non-hydrogen) atoms. The van der Waals surface area contributed by atoms with Gasteiger partial charge in [-0.3, -0.25) is 0 Å². The molecule has 6 nitrogen and oxygen atoms in total. The van der Waals surface area contributed by atoms with E-state index in [2.05, 4.69) is 6.92 Å². The van der Waals surface area contributed by atoms with Gasteiger partial charge in [0.15, 0.2) is 11.5 Å². The molecular formula is C22H26O6. The highest BCUT2D eigenvalue weighted by Crippen LogP contribution is 2.35. The number of benzene rings is 2. The van der Waals surface area contributed by atoms with Crippen LogP contribution in [0.4, 0.5) is 0 Å². The number of aryl methyl sites for hydroxylation is 1. The third-order valence-corrected chi connectivity index (χ3v) is 4.04.